The van der Waals surface area contributed by atoms with Gasteiger partial charge in [0.05, 0.1) is 12.0 Å². The number of nitrogens with zero attached hydrogens (tertiary/aromatic N) is 2. The molecule has 1 heterocycles. The Balaban J connectivity index is 1.78. The van der Waals surface area contributed by atoms with Crippen molar-refractivity contribution in [3.63, 3.8) is 0 Å². The highest BCUT2D eigenvalue weighted by Gasteiger charge is 2.44. The summed E-state index contributed by atoms with van der Waals surface area (Å²) in [5.41, 5.74) is -0.437. The summed E-state index contributed by atoms with van der Waals surface area (Å²) in [6, 6.07) is 2.39. The van der Waals surface area contributed by atoms with E-state index in [1.165, 1.54) is 12.8 Å². The lowest BCUT2D eigenvalue weighted by Gasteiger charge is -2.41. The number of rotatable bonds is 2. The summed E-state index contributed by atoms with van der Waals surface area (Å²) in [4.78, 5) is 13.4. The van der Waals surface area contributed by atoms with Crippen molar-refractivity contribution < 1.29 is 9.53 Å². The number of nitriles is 1. The fourth-order valence-electron chi connectivity index (χ4n) is 2.27. The third-order valence-electron chi connectivity index (χ3n) is 3.35. The van der Waals surface area contributed by atoms with Gasteiger partial charge in [-0.3, -0.25) is 0 Å². The molecule has 0 aromatic heterocycles. The Bertz CT molecular complexity index is 343. The molecule has 2 aliphatic rings. The van der Waals surface area contributed by atoms with Crippen LogP contribution < -0.4 is 0 Å². The summed E-state index contributed by atoms with van der Waals surface area (Å²) < 4.78 is 5.28. The Morgan fingerprint density at radius 1 is 1.35 bits per heavy atom. The molecular formula is C13H20N2O2. The van der Waals surface area contributed by atoms with Gasteiger partial charge >= 0.3 is 6.09 Å². The predicted octanol–water partition coefficient (Wildman–Crippen LogP) is 2.40. The normalized spacial score (nSPS) is 22.6. The second kappa shape index (κ2) is 4.21. The minimum absolute atomic E-state index is 0.147. The first kappa shape index (κ1) is 12.2. The van der Waals surface area contributed by atoms with E-state index in [1.807, 2.05) is 20.8 Å². The summed E-state index contributed by atoms with van der Waals surface area (Å²) in [6.07, 6.45) is 2.11. The Labute approximate surface area is 103 Å². The van der Waals surface area contributed by atoms with Gasteiger partial charge in [0.1, 0.15) is 5.60 Å². The largest absolute Gasteiger partial charge is 0.444 e. The summed E-state index contributed by atoms with van der Waals surface area (Å²) in [6.45, 7) is 6.96. The molecule has 1 saturated carbocycles. The average Bonchev–Trinajstić information content (AvgIpc) is 2.89. The van der Waals surface area contributed by atoms with E-state index < -0.39 is 5.60 Å². The molecule has 0 radical (unpaired) electrons. The molecule has 1 unspecified atom stereocenters. The second-order valence-electron chi connectivity index (χ2n) is 6.14. The van der Waals surface area contributed by atoms with E-state index in [-0.39, 0.29) is 12.0 Å². The molecular weight excluding hydrogens is 216 g/mol. The Morgan fingerprint density at radius 2 is 1.94 bits per heavy atom. The Kier molecular flexibility index (Phi) is 3.03. The van der Waals surface area contributed by atoms with Crippen molar-refractivity contribution in [3.05, 3.63) is 0 Å². The lowest BCUT2D eigenvalue weighted by Crippen LogP contribution is -2.54. The third-order valence-corrected chi connectivity index (χ3v) is 3.35. The van der Waals surface area contributed by atoms with Crippen LogP contribution in [-0.2, 0) is 4.74 Å². The maximum atomic E-state index is 11.7. The topological polar surface area (TPSA) is 53.3 Å². The minimum atomic E-state index is -0.437. The van der Waals surface area contributed by atoms with Crippen LogP contribution in [-0.4, -0.2) is 29.7 Å². The van der Waals surface area contributed by atoms with Crippen LogP contribution >= 0.6 is 0 Å². The molecule has 1 saturated heterocycles. The molecule has 0 spiro atoms. The Hall–Kier alpha value is -1.24. The van der Waals surface area contributed by atoms with Gasteiger partial charge in [0, 0.05) is 19.0 Å². The van der Waals surface area contributed by atoms with Crippen molar-refractivity contribution in [1.82, 2.24) is 4.90 Å². The molecule has 4 heteroatoms. The molecule has 1 atom stereocenters. The van der Waals surface area contributed by atoms with Crippen molar-refractivity contribution in [3.8, 4) is 6.07 Å². The van der Waals surface area contributed by atoms with Crippen LogP contribution in [0.15, 0.2) is 0 Å². The van der Waals surface area contributed by atoms with Crippen LogP contribution in [0.2, 0.25) is 0 Å². The van der Waals surface area contributed by atoms with Gasteiger partial charge in [0.15, 0.2) is 0 Å². The molecule has 4 nitrogen and oxygen atoms in total. The van der Waals surface area contributed by atoms with E-state index in [0.717, 1.165) is 0 Å². The molecule has 0 aromatic rings. The zero-order valence-electron chi connectivity index (χ0n) is 10.8. The van der Waals surface area contributed by atoms with E-state index in [1.54, 1.807) is 4.90 Å². The first-order valence-electron chi connectivity index (χ1n) is 6.28. The molecule has 2 rings (SSSR count). The van der Waals surface area contributed by atoms with Gasteiger partial charge in [-0.05, 0) is 39.5 Å². The average molecular weight is 236 g/mol. The van der Waals surface area contributed by atoms with Crippen molar-refractivity contribution in [2.45, 2.75) is 39.2 Å². The standard InChI is InChI=1S/C13H20N2O2/c1-13(2,3)17-12(16)15-7-10(8-15)11(6-14)9-4-5-9/h9-11H,4-5,7-8H2,1-3H3. The summed E-state index contributed by atoms with van der Waals surface area (Å²) in [5.74, 6) is 1.10. The van der Waals surface area contributed by atoms with Gasteiger partial charge in [0.25, 0.3) is 0 Å². The quantitative estimate of drug-likeness (QED) is 0.739. The number of carbonyl (C=O) groups excluding carboxylic acids is 1. The number of likely N-dealkylation sites (tertiary alicyclic amines) is 1. The molecule has 0 aromatic carbocycles. The van der Waals surface area contributed by atoms with Crippen LogP contribution in [0.1, 0.15) is 33.6 Å². The maximum Gasteiger partial charge on any atom is 0.410 e. The molecule has 17 heavy (non-hydrogen) atoms. The zero-order valence-corrected chi connectivity index (χ0v) is 10.8. The molecule has 1 amide bonds. The molecule has 0 N–H and O–H groups in total. The van der Waals surface area contributed by atoms with E-state index in [0.29, 0.717) is 24.9 Å². The van der Waals surface area contributed by atoms with Gasteiger partial charge in [-0.15, -0.1) is 0 Å². The molecule has 2 fully saturated rings. The number of amides is 1. The first-order chi connectivity index (χ1) is 7.90. The number of hydrogen-bond donors (Lipinski definition) is 0. The fourth-order valence-corrected chi connectivity index (χ4v) is 2.27. The van der Waals surface area contributed by atoms with E-state index in [4.69, 9.17) is 10.00 Å². The highest BCUT2D eigenvalue weighted by Crippen LogP contribution is 2.42. The van der Waals surface area contributed by atoms with Gasteiger partial charge in [-0.2, -0.15) is 5.26 Å². The predicted molar refractivity (Wildman–Crippen MR) is 63.1 cm³/mol. The first-order valence-corrected chi connectivity index (χ1v) is 6.28. The lowest BCUT2D eigenvalue weighted by atomic mass is 9.84. The van der Waals surface area contributed by atoms with E-state index >= 15 is 0 Å². The molecule has 0 bridgehead atoms. The van der Waals surface area contributed by atoms with E-state index in [2.05, 4.69) is 6.07 Å². The maximum absolute atomic E-state index is 11.7. The van der Waals surface area contributed by atoms with Gasteiger partial charge in [-0.25, -0.2) is 4.79 Å². The van der Waals surface area contributed by atoms with Gasteiger partial charge in [0.2, 0.25) is 0 Å². The van der Waals surface area contributed by atoms with Crippen molar-refractivity contribution in [2.75, 3.05) is 13.1 Å². The molecule has 1 aliphatic carbocycles. The van der Waals surface area contributed by atoms with Gasteiger partial charge < -0.3 is 9.64 Å². The lowest BCUT2D eigenvalue weighted by molar-refractivity contribution is -0.00819. The smallest absolute Gasteiger partial charge is 0.410 e. The Morgan fingerprint density at radius 3 is 2.35 bits per heavy atom. The van der Waals surface area contributed by atoms with Crippen LogP contribution in [0.4, 0.5) is 4.79 Å². The molecule has 94 valence electrons. The fraction of sp³-hybridized carbons (Fsp3) is 0.846. The van der Waals surface area contributed by atoms with E-state index in [9.17, 15) is 4.79 Å². The monoisotopic (exact) mass is 236 g/mol. The third kappa shape index (κ3) is 2.91. The molecule has 1 aliphatic heterocycles. The highest BCUT2D eigenvalue weighted by molar-refractivity contribution is 5.69. The van der Waals surface area contributed by atoms with Crippen LogP contribution in [0.3, 0.4) is 0 Å². The van der Waals surface area contributed by atoms with Crippen LogP contribution in [0, 0.1) is 29.1 Å². The summed E-state index contributed by atoms with van der Waals surface area (Å²) in [7, 11) is 0. The zero-order chi connectivity index (χ0) is 12.6. The number of hydrogen-bond acceptors (Lipinski definition) is 3. The second-order valence-corrected chi connectivity index (χ2v) is 6.14. The summed E-state index contributed by atoms with van der Waals surface area (Å²) >= 11 is 0. The van der Waals surface area contributed by atoms with Crippen molar-refractivity contribution in [2.24, 2.45) is 17.8 Å². The SMILES string of the molecule is CC(C)(C)OC(=O)N1CC(C(C#N)C2CC2)C1. The number of ether oxygens (including phenoxy) is 1. The minimum Gasteiger partial charge on any atom is -0.444 e. The van der Waals surface area contributed by atoms with Crippen molar-refractivity contribution >= 4 is 6.09 Å². The number of carbonyl (C=O) groups is 1. The van der Waals surface area contributed by atoms with Crippen LogP contribution in [0.25, 0.3) is 0 Å². The van der Waals surface area contributed by atoms with Gasteiger partial charge in [-0.1, -0.05) is 0 Å². The summed E-state index contributed by atoms with van der Waals surface area (Å²) in [5, 5.41) is 9.10. The van der Waals surface area contributed by atoms with Crippen LogP contribution in [0.5, 0.6) is 0 Å². The highest BCUT2D eigenvalue weighted by atomic mass is 16.6. The van der Waals surface area contributed by atoms with Crippen molar-refractivity contribution in [1.29, 1.82) is 5.26 Å².